The number of para-hydroxylation sites is 1. The molecule has 0 aliphatic carbocycles. The van der Waals surface area contributed by atoms with Gasteiger partial charge in [-0.2, -0.15) is 0 Å². The number of nitrogens with one attached hydrogen (secondary N) is 1. The first-order chi connectivity index (χ1) is 13.0. The van der Waals surface area contributed by atoms with Gasteiger partial charge in [-0.3, -0.25) is 4.79 Å². The molecule has 0 aliphatic rings. The summed E-state index contributed by atoms with van der Waals surface area (Å²) >= 11 is 3.15. The Balaban J connectivity index is 1.59. The van der Waals surface area contributed by atoms with Crippen LogP contribution in [-0.4, -0.2) is 35.3 Å². The van der Waals surface area contributed by atoms with Gasteiger partial charge >= 0.3 is 0 Å². The predicted octanol–water partition coefficient (Wildman–Crippen LogP) is 4.08. The minimum absolute atomic E-state index is 0.00363. The zero-order valence-electron chi connectivity index (χ0n) is 16.0. The number of nitrogens with zero attached hydrogens (tertiary/aromatic N) is 2. The van der Waals surface area contributed by atoms with Crippen LogP contribution >= 0.6 is 23.1 Å². The summed E-state index contributed by atoms with van der Waals surface area (Å²) < 4.78 is 5.34. The molecule has 0 saturated heterocycles. The van der Waals surface area contributed by atoms with Crippen LogP contribution in [-0.2, 0) is 11.2 Å². The molecule has 7 heteroatoms. The smallest absolute Gasteiger partial charge is 0.230 e. The van der Waals surface area contributed by atoms with Gasteiger partial charge in [-0.1, -0.05) is 30.0 Å². The average Bonchev–Trinajstić information content (AvgIpc) is 2.93. The van der Waals surface area contributed by atoms with Crippen molar-refractivity contribution in [3.63, 3.8) is 0 Å². The van der Waals surface area contributed by atoms with E-state index in [1.54, 1.807) is 18.4 Å². The Morgan fingerprint density at radius 1 is 1.22 bits per heavy atom. The Hall–Kier alpha value is -2.12. The molecule has 0 aliphatic heterocycles. The van der Waals surface area contributed by atoms with E-state index in [4.69, 9.17) is 4.74 Å². The predicted molar refractivity (Wildman–Crippen MR) is 112 cm³/mol. The molecule has 3 aromatic rings. The molecule has 0 fully saturated rings. The Labute approximate surface area is 167 Å². The quantitative estimate of drug-likeness (QED) is 0.477. The SMILES string of the molecule is COc1ccccc1CCNC(=O)CSc1nc(C)nc2sc(C)c(C)c12. The molecule has 0 saturated carbocycles. The highest BCUT2D eigenvalue weighted by molar-refractivity contribution is 8.00. The van der Waals surface area contributed by atoms with E-state index in [1.165, 1.54) is 22.2 Å². The second kappa shape index (κ2) is 8.71. The first kappa shape index (κ1) is 19.6. The Morgan fingerprint density at radius 3 is 2.78 bits per heavy atom. The van der Waals surface area contributed by atoms with Crippen LogP contribution in [0.15, 0.2) is 29.3 Å². The standard InChI is InChI=1S/C20H23N3O2S2/c1-12-13(2)27-20-18(12)19(22-14(3)23-20)26-11-17(24)21-10-9-15-7-5-6-8-16(15)25-4/h5-8H,9-11H2,1-4H3,(H,21,24). The fourth-order valence-corrected chi connectivity index (χ4v) is 4.95. The van der Waals surface area contributed by atoms with Gasteiger partial charge in [-0.15, -0.1) is 11.3 Å². The molecular formula is C20H23N3O2S2. The van der Waals surface area contributed by atoms with Crippen molar-refractivity contribution in [2.45, 2.75) is 32.2 Å². The summed E-state index contributed by atoms with van der Waals surface area (Å²) in [4.78, 5) is 23.6. The lowest BCUT2D eigenvalue weighted by molar-refractivity contribution is -0.118. The van der Waals surface area contributed by atoms with Crippen molar-refractivity contribution in [1.29, 1.82) is 0 Å². The number of amides is 1. The zero-order valence-corrected chi connectivity index (χ0v) is 17.6. The van der Waals surface area contributed by atoms with E-state index in [9.17, 15) is 4.79 Å². The van der Waals surface area contributed by atoms with Crippen LogP contribution in [0.1, 0.15) is 21.8 Å². The van der Waals surface area contributed by atoms with Gasteiger partial charge in [0.1, 0.15) is 21.4 Å². The van der Waals surface area contributed by atoms with Crippen molar-refractivity contribution < 1.29 is 9.53 Å². The monoisotopic (exact) mass is 401 g/mol. The Morgan fingerprint density at radius 2 is 2.00 bits per heavy atom. The topological polar surface area (TPSA) is 64.1 Å². The lowest BCUT2D eigenvalue weighted by atomic mass is 10.1. The van der Waals surface area contributed by atoms with Crippen molar-refractivity contribution in [2.24, 2.45) is 0 Å². The van der Waals surface area contributed by atoms with Gasteiger partial charge < -0.3 is 10.1 Å². The molecular weight excluding hydrogens is 378 g/mol. The minimum Gasteiger partial charge on any atom is -0.496 e. The van der Waals surface area contributed by atoms with Gasteiger partial charge in [-0.25, -0.2) is 9.97 Å². The van der Waals surface area contributed by atoms with E-state index in [0.29, 0.717) is 12.3 Å². The molecule has 1 amide bonds. The number of aryl methyl sites for hydroxylation is 3. The van der Waals surface area contributed by atoms with Gasteiger partial charge in [0.25, 0.3) is 0 Å². The summed E-state index contributed by atoms with van der Waals surface area (Å²) in [5, 5.41) is 4.95. The molecule has 2 heterocycles. The minimum atomic E-state index is 0.00363. The number of benzene rings is 1. The van der Waals surface area contributed by atoms with E-state index in [2.05, 4.69) is 29.1 Å². The fraction of sp³-hybridized carbons (Fsp3) is 0.350. The molecule has 0 bridgehead atoms. The van der Waals surface area contributed by atoms with Crippen molar-refractivity contribution >= 4 is 39.2 Å². The highest BCUT2D eigenvalue weighted by atomic mass is 32.2. The number of thiophene rings is 1. The molecule has 5 nitrogen and oxygen atoms in total. The largest absolute Gasteiger partial charge is 0.496 e. The van der Waals surface area contributed by atoms with E-state index in [0.717, 1.165) is 38.8 Å². The Kier molecular flexibility index (Phi) is 6.34. The molecule has 0 unspecified atom stereocenters. The fourth-order valence-electron chi connectivity index (χ4n) is 2.85. The average molecular weight is 402 g/mol. The Bertz CT molecular complexity index is 969. The van der Waals surface area contributed by atoms with Crippen molar-refractivity contribution in [3.05, 3.63) is 46.1 Å². The third kappa shape index (κ3) is 4.59. The number of thioether (sulfide) groups is 1. The number of rotatable bonds is 7. The molecule has 1 aromatic carbocycles. The maximum atomic E-state index is 12.3. The molecule has 3 rings (SSSR count). The van der Waals surface area contributed by atoms with E-state index < -0.39 is 0 Å². The summed E-state index contributed by atoms with van der Waals surface area (Å²) in [7, 11) is 1.66. The maximum Gasteiger partial charge on any atom is 0.230 e. The van der Waals surface area contributed by atoms with Gasteiger partial charge in [0.05, 0.1) is 12.9 Å². The number of hydrogen-bond acceptors (Lipinski definition) is 6. The number of fused-ring (bicyclic) bond motifs is 1. The number of hydrogen-bond donors (Lipinski definition) is 1. The summed E-state index contributed by atoms with van der Waals surface area (Å²) in [6, 6.07) is 7.86. The molecule has 0 atom stereocenters. The number of methoxy groups -OCH3 is 1. The summed E-state index contributed by atoms with van der Waals surface area (Å²) in [5.41, 5.74) is 2.29. The first-order valence-corrected chi connectivity index (χ1v) is 10.6. The number of aromatic nitrogens is 2. The molecule has 27 heavy (non-hydrogen) atoms. The van der Waals surface area contributed by atoms with Crippen LogP contribution in [0.25, 0.3) is 10.2 Å². The van der Waals surface area contributed by atoms with Crippen LogP contribution in [0.4, 0.5) is 0 Å². The van der Waals surface area contributed by atoms with Crippen molar-refractivity contribution in [3.8, 4) is 5.75 Å². The molecule has 0 radical (unpaired) electrons. The summed E-state index contributed by atoms with van der Waals surface area (Å²) in [5.74, 6) is 1.93. The zero-order chi connectivity index (χ0) is 19.4. The van der Waals surface area contributed by atoms with E-state index in [-0.39, 0.29) is 5.91 Å². The summed E-state index contributed by atoms with van der Waals surface area (Å²) in [6.45, 7) is 6.65. The number of carbonyl (C=O) groups excluding carboxylic acids is 1. The second-order valence-corrected chi connectivity index (χ2v) is 8.41. The normalized spacial score (nSPS) is 11.0. The second-order valence-electron chi connectivity index (χ2n) is 6.24. The van der Waals surface area contributed by atoms with Crippen LogP contribution < -0.4 is 10.1 Å². The van der Waals surface area contributed by atoms with E-state index >= 15 is 0 Å². The van der Waals surface area contributed by atoms with Crippen molar-refractivity contribution in [1.82, 2.24) is 15.3 Å². The van der Waals surface area contributed by atoms with E-state index in [1.807, 2.05) is 31.2 Å². The molecule has 2 aromatic heterocycles. The van der Waals surface area contributed by atoms with Gasteiger partial charge in [0.15, 0.2) is 0 Å². The highest BCUT2D eigenvalue weighted by Gasteiger charge is 2.15. The number of carbonyl (C=O) groups is 1. The molecule has 1 N–H and O–H groups in total. The van der Waals surface area contributed by atoms with Gasteiger partial charge in [0.2, 0.25) is 5.91 Å². The van der Waals surface area contributed by atoms with Crippen LogP contribution in [0.3, 0.4) is 0 Å². The summed E-state index contributed by atoms with van der Waals surface area (Å²) in [6.07, 6.45) is 0.736. The number of ether oxygens (including phenoxy) is 1. The molecule has 142 valence electrons. The lowest BCUT2D eigenvalue weighted by Crippen LogP contribution is -2.27. The maximum absolute atomic E-state index is 12.3. The van der Waals surface area contributed by atoms with Gasteiger partial charge in [-0.05, 0) is 44.4 Å². The highest BCUT2D eigenvalue weighted by Crippen LogP contribution is 2.34. The third-order valence-electron chi connectivity index (χ3n) is 4.36. The molecule has 0 spiro atoms. The van der Waals surface area contributed by atoms with Crippen molar-refractivity contribution in [2.75, 3.05) is 19.4 Å². The third-order valence-corrected chi connectivity index (χ3v) is 6.43. The first-order valence-electron chi connectivity index (χ1n) is 8.75. The van der Waals surface area contributed by atoms with Crippen LogP contribution in [0, 0.1) is 20.8 Å². The van der Waals surface area contributed by atoms with Crippen LogP contribution in [0.5, 0.6) is 5.75 Å². The van der Waals surface area contributed by atoms with Gasteiger partial charge in [0, 0.05) is 16.8 Å². The van der Waals surface area contributed by atoms with Crippen LogP contribution in [0.2, 0.25) is 0 Å². The lowest BCUT2D eigenvalue weighted by Gasteiger charge is -2.09.